The molecule has 2 aromatic heterocycles. The number of benzene rings is 1. The smallest absolute Gasteiger partial charge is 0.260 e. The van der Waals surface area contributed by atoms with Gasteiger partial charge in [-0.15, -0.1) is 0 Å². The van der Waals surface area contributed by atoms with Gasteiger partial charge in [0.05, 0.1) is 6.20 Å². The molecule has 0 radical (unpaired) electrons. The Labute approximate surface area is 128 Å². The highest BCUT2D eigenvalue weighted by Gasteiger charge is 2.13. The van der Waals surface area contributed by atoms with Crippen LogP contribution in [-0.2, 0) is 11.3 Å². The van der Waals surface area contributed by atoms with E-state index < -0.39 is 6.10 Å². The van der Waals surface area contributed by atoms with Crippen molar-refractivity contribution >= 4 is 11.6 Å². The quantitative estimate of drug-likeness (QED) is 0.754. The highest BCUT2D eigenvalue weighted by Crippen LogP contribution is 2.10. The van der Waals surface area contributed by atoms with Crippen LogP contribution >= 0.6 is 0 Å². The Morgan fingerprint density at radius 1 is 1.27 bits per heavy atom. The minimum Gasteiger partial charge on any atom is -0.481 e. The van der Waals surface area contributed by atoms with Gasteiger partial charge >= 0.3 is 0 Å². The molecule has 1 amide bonds. The van der Waals surface area contributed by atoms with Gasteiger partial charge in [-0.25, -0.2) is 4.52 Å². The molecule has 2 heterocycles. The number of carbonyl (C=O) groups is 1. The first-order chi connectivity index (χ1) is 10.7. The molecule has 1 aromatic carbocycles. The fourth-order valence-corrected chi connectivity index (χ4v) is 2.26. The number of fused-ring (bicyclic) bond motifs is 1. The third-order valence-electron chi connectivity index (χ3n) is 3.41. The number of carbonyl (C=O) groups excluding carboxylic acids is 1. The third kappa shape index (κ3) is 3.11. The molecule has 0 aliphatic heterocycles. The van der Waals surface area contributed by atoms with Crippen LogP contribution in [0.1, 0.15) is 6.92 Å². The van der Waals surface area contributed by atoms with Gasteiger partial charge < -0.3 is 14.6 Å². The van der Waals surface area contributed by atoms with Gasteiger partial charge in [-0.3, -0.25) is 4.79 Å². The maximum Gasteiger partial charge on any atom is 0.260 e. The monoisotopic (exact) mass is 298 g/mol. The molecule has 0 saturated carbocycles. The zero-order valence-electron chi connectivity index (χ0n) is 12.3. The Hall–Kier alpha value is -2.76. The number of aromatic nitrogens is 3. The molecule has 0 saturated heterocycles. The number of hydrogen-bond donors (Lipinski definition) is 1. The van der Waals surface area contributed by atoms with Crippen LogP contribution in [0.5, 0.6) is 5.75 Å². The summed E-state index contributed by atoms with van der Waals surface area (Å²) in [5, 5.41) is 7.03. The van der Waals surface area contributed by atoms with Crippen molar-refractivity contribution in [1.82, 2.24) is 19.5 Å². The molecule has 22 heavy (non-hydrogen) atoms. The predicted octanol–water partition coefficient (Wildman–Crippen LogP) is 1.72. The molecule has 114 valence electrons. The van der Waals surface area contributed by atoms with Crippen molar-refractivity contribution in [3.05, 3.63) is 55.0 Å². The molecule has 0 fully saturated rings. The summed E-state index contributed by atoms with van der Waals surface area (Å²) < 4.78 is 9.42. The van der Waals surface area contributed by atoms with Gasteiger partial charge in [0.15, 0.2) is 6.10 Å². The second-order valence-corrected chi connectivity index (χ2v) is 4.99. The summed E-state index contributed by atoms with van der Waals surface area (Å²) in [5.74, 6) is 0.567. The zero-order valence-corrected chi connectivity index (χ0v) is 12.3. The van der Waals surface area contributed by atoms with E-state index in [9.17, 15) is 4.79 Å². The minimum absolute atomic E-state index is 0.125. The number of rotatable bonds is 6. The van der Waals surface area contributed by atoms with Crippen LogP contribution in [0, 0.1) is 0 Å². The van der Waals surface area contributed by atoms with E-state index in [4.69, 9.17) is 4.74 Å². The average molecular weight is 298 g/mol. The second kappa shape index (κ2) is 6.34. The fraction of sp³-hybridized carbons (Fsp3) is 0.250. The van der Waals surface area contributed by atoms with Crippen LogP contribution in [-0.4, -0.2) is 32.7 Å². The van der Waals surface area contributed by atoms with E-state index in [1.54, 1.807) is 17.6 Å². The molecule has 6 nitrogen and oxygen atoms in total. The Bertz CT molecular complexity index is 748. The van der Waals surface area contributed by atoms with Crippen LogP contribution in [0.15, 0.2) is 55.0 Å². The van der Waals surface area contributed by atoms with Crippen molar-refractivity contribution in [2.45, 2.75) is 19.6 Å². The largest absolute Gasteiger partial charge is 0.481 e. The highest BCUT2D eigenvalue weighted by atomic mass is 16.5. The SMILES string of the molecule is C[C@@H](Oc1ccccc1)C(=O)NCCn1ccn2nccc12. The van der Waals surface area contributed by atoms with Crippen molar-refractivity contribution < 1.29 is 9.53 Å². The van der Waals surface area contributed by atoms with E-state index in [2.05, 4.69) is 10.4 Å². The van der Waals surface area contributed by atoms with Gasteiger partial charge in [0.2, 0.25) is 0 Å². The van der Waals surface area contributed by atoms with Crippen molar-refractivity contribution in [1.29, 1.82) is 0 Å². The number of hydrogen-bond acceptors (Lipinski definition) is 3. The number of imidazole rings is 1. The number of nitrogens with zero attached hydrogens (tertiary/aromatic N) is 3. The molecule has 0 bridgehead atoms. The molecule has 0 aliphatic carbocycles. The zero-order chi connectivity index (χ0) is 15.4. The van der Waals surface area contributed by atoms with Crippen LogP contribution in [0.2, 0.25) is 0 Å². The number of ether oxygens (including phenoxy) is 1. The Kier molecular flexibility index (Phi) is 4.09. The Morgan fingerprint density at radius 3 is 2.91 bits per heavy atom. The van der Waals surface area contributed by atoms with Crippen LogP contribution in [0.4, 0.5) is 0 Å². The van der Waals surface area contributed by atoms with Crippen LogP contribution in [0.25, 0.3) is 5.65 Å². The molecule has 3 aromatic rings. The average Bonchev–Trinajstić information content (AvgIpc) is 3.12. The lowest BCUT2D eigenvalue weighted by Crippen LogP contribution is -2.37. The van der Waals surface area contributed by atoms with E-state index in [0.29, 0.717) is 18.8 Å². The van der Waals surface area contributed by atoms with E-state index in [-0.39, 0.29) is 5.91 Å². The lowest BCUT2D eigenvalue weighted by Gasteiger charge is -2.14. The molecule has 6 heteroatoms. The van der Waals surface area contributed by atoms with Gasteiger partial charge in [-0.2, -0.15) is 5.10 Å². The van der Waals surface area contributed by atoms with Gasteiger partial charge in [0.25, 0.3) is 5.91 Å². The Balaban J connectivity index is 1.49. The van der Waals surface area contributed by atoms with E-state index in [0.717, 1.165) is 5.65 Å². The summed E-state index contributed by atoms with van der Waals surface area (Å²) in [7, 11) is 0. The van der Waals surface area contributed by atoms with Gasteiger partial charge in [0.1, 0.15) is 11.4 Å². The molecular formula is C16H18N4O2. The van der Waals surface area contributed by atoms with Crippen molar-refractivity contribution in [2.75, 3.05) is 6.54 Å². The molecule has 1 N–H and O–H groups in total. The van der Waals surface area contributed by atoms with Gasteiger partial charge in [0, 0.05) is 31.5 Å². The number of amides is 1. The van der Waals surface area contributed by atoms with Crippen molar-refractivity contribution in [3.8, 4) is 5.75 Å². The first-order valence-corrected chi connectivity index (χ1v) is 7.22. The first-order valence-electron chi connectivity index (χ1n) is 7.22. The summed E-state index contributed by atoms with van der Waals surface area (Å²) >= 11 is 0. The minimum atomic E-state index is -0.526. The van der Waals surface area contributed by atoms with Gasteiger partial charge in [-0.05, 0) is 19.1 Å². The van der Waals surface area contributed by atoms with Crippen LogP contribution in [0.3, 0.4) is 0 Å². The number of nitrogens with one attached hydrogen (secondary N) is 1. The van der Waals surface area contributed by atoms with Gasteiger partial charge in [-0.1, -0.05) is 18.2 Å². The summed E-state index contributed by atoms with van der Waals surface area (Å²) in [6.07, 6.45) is 5.05. The maximum atomic E-state index is 12.0. The summed E-state index contributed by atoms with van der Waals surface area (Å²) in [4.78, 5) is 12.0. The molecule has 0 unspecified atom stereocenters. The molecular weight excluding hydrogens is 280 g/mol. The normalized spacial score (nSPS) is 12.2. The Morgan fingerprint density at radius 2 is 2.09 bits per heavy atom. The van der Waals surface area contributed by atoms with Crippen molar-refractivity contribution in [2.24, 2.45) is 0 Å². The van der Waals surface area contributed by atoms with Crippen LogP contribution < -0.4 is 10.1 Å². The summed E-state index contributed by atoms with van der Waals surface area (Å²) in [6, 6.07) is 11.3. The second-order valence-electron chi connectivity index (χ2n) is 4.99. The topological polar surface area (TPSA) is 60.6 Å². The maximum absolute atomic E-state index is 12.0. The predicted molar refractivity (Wildman–Crippen MR) is 82.7 cm³/mol. The van der Waals surface area contributed by atoms with E-state index in [1.165, 1.54) is 0 Å². The van der Waals surface area contributed by atoms with Crippen molar-refractivity contribution in [3.63, 3.8) is 0 Å². The standard InChI is InChI=1S/C16H18N4O2/c1-13(22-14-5-3-2-4-6-14)16(21)17-9-10-19-11-12-20-15(19)7-8-18-20/h2-8,11-13H,9-10H2,1H3,(H,17,21)/t13-/m1/s1. The van der Waals surface area contributed by atoms with E-state index in [1.807, 2.05) is 53.4 Å². The first kappa shape index (κ1) is 14.2. The summed E-state index contributed by atoms with van der Waals surface area (Å²) in [5.41, 5.74) is 1.00. The molecule has 0 spiro atoms. The number of para-hydroxylation sites is 1. The lowest BCUT2D eigenvalue weighted by atomic mass is 10.3. The fourth-order valence-electron chi connectivity index (χ4n) is 2.26. The molecule has 0 aliphatic rings. The van der Waals surface area contributed by atoms with E-state index >= 15 is 0 Å². The lowest BCUT2D eigenvalue weighted by molar-refractivity contribution is -0.127. The summed E-state index contributed by atoms with van der Waals surface area (Å²) in [6.45, 7) is 2.97. The highest BCUT2D eigenvalue weighted by molar-refractivity contribution is 5.80. The molecule has 3 rings (SSSR count). The third-order valence-corrected chi connectivity index (χ3v) is 3.41. The molecule has 1 atom stereocenters.